The number of carboxylic acid groups (broad SMARTS) is 1. The first-order valence-corrected chi connectivity index (χ1v) is 7.78. The van der Waals surface area contributed by atoms with Crippen LogP contribution in [0.1, 0.15) is 25.7 Å². The maximum atomic E-state index is 12.2. The van der Waals surface area contributed by atoms with Crippen molar-refractivity contribution in [2.45, 2.75) is 43.9 Å². The van der Waals surface area contributed by atoms with Gasteiger partial charge in [0.15, 0.2) is 6.10 Å². The summed E-state index contributed by atoms with van der Waals surface area (Å²) in [6.45, 7) is 4.08. The molecule has 0 aliphatic carbocycles. The van der Waals surface area contributed by atoms with E-state index in [0.717, 1.165) is 26.2 Å². The van der Waals surface area contributed by atoms with Crippen molar-refractivity contribution >= 4 is 12.0 Å². The van der Waals surface area contributed by atoms with Gasteiger partial charge < -0.3 is 20.1 Å². The zero-order valence-corrected chi connectivity index (χ0v) is 12.2. The van der Waals surface area contributed by atoms with E-state index >= 15 is 0 Å². The molecule has 7 heteroatoms. The van der Waals surface area contributed by atoms with E-state index in [2.05, 4.69) is 10.2 Å². The fraction of sp³-hybridized carbons (Fsp3) is 0.857. The highest BCUT2D eigenvalue weighted by atomic mass is 16.5. The van der Waals surface area contributed by atoms with Gasteiger partial charge in [0.05, 0.1) is 6.10 Å². The average molecular weight is 297 g/mol. The molecule has 3 rings (SSSR count). The molecule has 3 aliphatic heterocycles. The largest absolute Gasteiger partial charge is 0.479 e. The van der Waals surface area contributed by atoms with Gasteiger partial charge in [-0.1, -0.05) is 0 Å². The van der Waals surface area contributed by atoms with Gasteiger partial charge in [0.25, 0.3) is 0 Å². The van der Waals surface area contributed by atoms with Crippen LogP contribution in [0.5, 0.6) is 0 Å². The van der Waals surface area contributed by atoms with Crippen molar-refractivity contribution in [2.75, 3.05) is 32.7 Å². The summed E-state index contributed by atoms with van der Waals surface area (Å²) in [4.78, 5) is 27.3. The first-order chi connectivity index (χ1) is 10.1. The summed E-state index contributed by atoms with van der Waals surface area (Å²) in [6.07, 6.45) is 2.73. The molecule has 3 unspecified atom stereocenters. The molecule has 7 nitrogen and oxygen atoms in total. The van der Waals surface area contributed by atoms with Crippen molar-refractivity contribution in [1.82, 2.24) is 15.1 Å². The highest BCUT2D eigenvalue weighted by Gasteiger charge is 2.34. The van der Waals surface area contributed by atoms with Crippen molar-refractivity contribution in [3.63, 3.8) is 0 Å². The van der Waals surface area contributed by atoms with E-state index in [-0.39, 0.29) is 12.1 Å². The van der Waals surface area contributed by atoms with E-state index in [1.165, 1.54) is 12.8 Å². The SMILES string of the molecule is O=C(O)C1CCC(CNC(=O)N2CCN3CCCC3C2)O1. The number of hydrogen-bond donors (Lipinski definition) is 2. The van der Waals surface area contributed by atoms with E-state index < -0.39 is 12.1 Å². The predicted molar refractivity (Wildman–Crippen MR) is 75.1 cm³/mol. The van der Waals surface area contributed by atoms with Crippen LogP contribution in [-0.4, -0.2) is 77.9 Å². The third kappa shape index (κ3) is 3.29. The lowest BCUT2D eigenvalue weighted by Gasteiger charge is -2.37. The van der Waals surface area contributed by atoms with Crippen molar-refractivity contribution in [3.8, 4) is 0 Å². The number of fused-ring (bicyclic) bond motifs is 1. The lowest BCUT2D eigenvalue weighted by atomic mass is 10.1. The second-order valence-corrected chi connectivity index (χ2v) is 6.13. The summed E-state index contributed by atoms with van der Waals surface area (Å²) >= 11 is 0. The lowest BCUT2D eigenvalue weighted by Crippen LogP contribution is -2.55. The number of piperazine rings is 1. The van der Waals surface area contributed by atoms with E-state index in [4.69, 9.17) is 9.84 Å². The molecule has 118 valence electrons. The van der Waals surface area contributed by atoms with Crippen LogP contribution in [0.15, 0.2) is 0 Å². The fourth-order valence-electron chi connectivity index (χ4n) is 3.53. The van der Waals surface area contributed by atoms with Crippen LogP contribution in [0.4, 0.5) is 4.79 Å². The number of aliphatic carboxylic acids is 1. The molecule has 3 fully saturated rings. The summed E-state index contributed by atoms with van der Waals surface area (Å²) in [7, 11) is 0. The van der Waals surface area contributed by atoms with Gasteiger partial charge in [0.1, 0.15) is 0 Å². The van der Waals surface area contributed by atoms with E-state index in [1.807, 2.05) is 4.90 Å². The predicted octanol–water partition coefficient (Wildman–Crippen LogP) is 0.108. The number of urea groups is 1. The Morgan fingerprint density at radius 1 is 1.19 bits per heavy atom. The molecule has 2 N–H and O–H groups in total. The number of ether oxygens (including phenoxy) is 1. The van der Waals surface area contributed by atoms with Crippen LogP contribution in [-0.2, 0) is 9.53 Å². The van der Waals surface area contributed by atoms with E-state index in [9.17, 15) is 9.59 Å². The quantitative estimate of drug-likeness (QED) is 0.772. The second-order valence-electron chi connectivity index (χ2n) is 6.13. The Kier molecular flexibility index (Phi) is 4.30. The maximum absolute atomic E-state index is 12.2. The summed E-state index contributed by atoms with van der Waals surface area (Å²) < 4.78 is 5.39. The summed E-state index contributed by atoms with van der Waals surface area (Å²) in [6, 6.07) is 0.465. The molecule has 3 aliphatic rings. The lowest BCUT2D eigenvalue weighted by molar-refractivity contribution is -0.149. The molecular weight excluding hydrogens is 274 g/mol. The highest BCUT2D eigenvalue weighted by molar-refractivity contribution is 5.74. The third-order valence-electron chi connectivity index (χ3n) is 4.74. The van der Waals surface area contributed by atoms with E-state index in [1.54, 1.807) is 0 Å². The number of carboxylic acids is 1. The van der Waals surface area contributed by atoms with Gasteiger partial charge in [-0.15, -0.1) is 0 Å². The maximum Gasteiger partial charge on any atom is 0.332 e. The highest BCUT2D eigenvalue weighted by Crippen LogP contribution is 2.22. The fourth-order valence-corrected chi connectivity index (χ4v) is 3.53. The molecule has 0 bridgehead atoms. The van der Waals surface area contributed by atoms with Crippen LogP contribution < -0.4 is 5.32 Å². The molecule has 3 saturated heterocycles. The minimum Gasteiger partial charge on any atom is -0.479 e. The molecule has 0 aromatic heterocycles. The average Bonchev–Trinajstić information content (AvgIpc) is 3.12. The number of hydrogen-bond acceptors (Lipinski definition) is 4. The smallest absolute Gasteiger partial charge is 0.332 e. The third-order valence-corrected chi connectivity index (χ3v) is 4.74. The van der Waals surface area contributed by atoms with Crippen molar-refractivity contribution < 1.29 is 19.4 Å². The summed E-state index contributed by atoms with van der Waals surface area (Å²) in [5.74, 6) is -0.916. The summed E-state index contributed by atoms with van der Waals surface area (Å²) in [5.41, 5.74) is 0. The number of carbonyl (C=O) groups excluding carboxylic acids is 1. The van der Waals surface area contributed by atoms with Crippen molar-refractivity contribution in [3.05, 3.63) is 0 Å². The minimum absolute atomic E-state index is 0.0519. The molecule has 0 aromatic rings. The van der Waals surface area contributed by atoms with E-state index in [0.29, 0.717) is 25.4 Å². The minimum atomic E-state index is -0.916. The Morgan fingerprint density at radius 2 is 2.05 bits per heavy atom. The number of nitrogens with one attached hydrogen (secondary N) is 1. The van der Waals surface area contributed by atoms with Crippen molar-refractivity contribution in [1.29, 1.82) is 0 Å². The van der Waals surface area contributed by atoms with Gasteiger partial charge in [-0.2, -0.15) is 0 Å². The molecule has 0 spiro atoms. The topological polar surface area (TPSA) is 82.1 Å². The standard InChI is InChI=1S/C14H23N3O4/c18-13(19)12-4-3-11(21-12)8-15-14(20)17-7-6-16-5-1-2-10(16)9-17/h10-12H,1-9H2,(H,15,20)(H,18,19). The van der Waals surface area contributed by atoms with Gasteiger partial charge in [0.2, 0.25) is 0 Å². The molecular formula is C14H23N3O4. The number of carbonyl (C=O) groups is 2. The zero-order valence-electron chi connectivity index (χ0n) is 12.2. The molecule has 3 heterocycles. The van der Waals surface area contributed by atoms with Gasteiger partial charge in [-0.05, 0) is 32.2 Å². The molecule has 0 radical (unpaired) electrons. The van der Waals surface area contributed by atoms with Crippen LogP contribution in [0, 0.1) is 0 Å². The Balaban J connectivity index is 1.41. The van der Waals surface area contributed by atoms with Crippen LogP contribution in [0.3, 0.4) is 0 Å². The van der Waals surface area contributed by atoms with Gasteiger partial charge in [-0.3, -0.25) is 4.90 Å². The molecule has 0 saturated carbocycles. The summed E-state index contributed by atoms with van der Waals surface area (Å²) in [5, 5.41) is 11.8. The van der Waals surface area contributed by atoms with Gasteiger partial charge in [0, 0.05) is 32.2 Å². The molecule has 3 atom stereocenters. The second kappa shape index (κ2) is 6.19. The molecule has 21 heavy (non-hydrogen) atoms. The Morgan fingerprint density at radius 3 is 2.81 bits per heavy atom. The monoisotopic (exact) mass is 297 g/mol. The van der Waals surface area contributed by atoms with Crippen LogP contribution in [0.2, 0.25) is 0 Å². The van der Waals surface area contributed by atoms with Gasteiger partial charge >= 0.3 is 12.0 Å². The Hall–Kier alpha value is -1.34. The Labute approximate surface area is 124 Å². The first-order valence-electron chi connectivity index (χ1n) is 7.78. The van der Waals surface area contributed by atoms with Crippen LogP contribution in [0.25, 0.3) is 0 Å². The number of nitrogens with zero attached hydrogens (tertiary/aromatic N) is 2. The van der Waals surface area contributed by atoms with Crippen LogP contribution >= 0.6 is 0 Å². The zero-order chi connectivity index (χ0) is 14.8. The molecule has 2 amide bonds. The Bertz CT molecular complexity index is 417. The number of rotatable bonds is 3. The van der Waals surface area contributed by atoms with Gasteiger partial charge in [-0.25, -0.2) is 9.59 Å². The normalized spacial score (nSPS) is 33.0. The van der Waals surface area contributed by atoms with Crippen molar-refractivity contribution in [2.24, 2.45) is 0 Å². The first kappa shape index (κ1) is 14.6. The molecule has 0 aromatic carbocycles. The number of amides is 2.